The highest BCUT2D eigenvalue weighted by molar-refractivity contribution is 7.89. The van der Waals surface area contributed by atoms with E-state index in [1.54, 1.807) is 36.4 Å². The van der Waals surface area contributed by atoms with Crippen LogP contribution >= 0.6 is 0 Å². The second kappa shape index (κ2) is 9.65. The molecule has 0 saturated carbocycles. The van der Waals surface area contributed by atoms with Crippen molar-refractivity contribution in [1.29, 1.82) is 0 Å². The molecular formula is C23H23FN2O3S. The molecule has 0 unspecified atom stereocenters. The second-order valence-electron chi connectivity index (χ2n) is 6.81. The van der Waals surface area contributed by atoms with Gasteiger partial charge in [-0.05, 0) is 53.9 Å². The molecule has 0 atom stereocenters. The van der Waals surface area contributed by atoms with Gasteiger partial charge in [0.15, 0.2) is 0 Å². The molecule has 0 heterocycles. The number of hydrogen-bond acceptors (Lipinski definition) is 3. The fraction of sp³-hybridized carbons (Fsp3) is 0.174. The molecular weight excluding hydrogens is 403 g/mol. The van der Waals surface area contributed by atoms with Gasteiger partial charge in [-0.25, -0.2) is 12.8 Å². The monoisotopic (exact) mass is 426 g/mol. The highest BCUT2D eigenvalue weighted by Crippen LogP contribution is 2.19. The highest BCUT2D eigenvalue weighted by Gasteiger charge is 2.27. The normalized spacial score (nSPS) is 11.4. The zero-order chi connectivity index (χ0) is 21.6. The molecule has 0 aliphatic rings. The molecule has 0 aromatic heterocycles. The molecule has 7 heteroatoms. The maximum absolute atomic E-state index is 13.3. The van der Waals surface area contributed by atoms with Gasteiger partial charge in [0.1, 0.15) is 5.82 Å². The lowest BCUT2D eigenvalue weighted by molar-refractivity contribution is -0.116. The molecule has 0 aliphatic carbocycles. The summed E-state index contributed by atoms with van der Waals surface area (Å²) >= 11 is 0. The first-order valence-corrected chi connectivity index (χ1v) is 11.0. The average Bonchev–Trinajstić information content (AvgIpc) is 2.75. The van der Waals surface area contributed by atoms with Crippen LogP contribution in [0.1, 0.15) is 18.1 Å². The molecule has 0 radical (unpaired) electrons. The molecule has 5 nitrogen and oxygen atoms in total. The van der Waals surface area contributed by atoms with E-state index >= 15 is 0 Å². The minimum absolute atomic E-state index is 0.0166. The summed E-state index contributed by atoms with van der Waals surface area (Å²) < 4.78 is 40.6. The van der Waals surface area contributed by atoms with Crippen molar-refractivity contribution < 1.29 is 17.6 Å². The number of aryl methyl sites for hydroxylation is 1. The first-order chi connectivity index (χ1) is 14.4. The van der Waals surface area contributed by atoms with Gasteiger partial charge in [-0.2, -0.15) is 4.31 Å². The van der Waals surface area contributed by atoms with Crippen LogP contribution in [-0.4, -0.2) is 25.2 Å². The minimum Gasteiger partial charge on any atom is -0.325 e. The molecule has 3 aromatic rings. The van der Waals surface area contributed by atoms with E-state index in [0.29, 0.717) is 5.69 Å². The van der Waals surface area contributed by atoms with Crippen molar-refractivity contribution in [1.82, 2.24) is 4.31 Å². The van der Waals surface area contributed by atoms with E-state index in [-0.39, 0.29) is 18.0 Å². The number of rotatable bonds is 8. The van der Waals surface area contributed by atoms with Crippen LogP contribution < -0.4 is 5.32 Å². The molecule has 0 aliphatic heterocycles. The lowest BCUT2D eigenvalue weighted by Crippen LogP contribution is -2.37. The Morgan fingerprint density at radius 1 is 0.900 bits per heavy atom. The van der Waals surface area contributed by atoms with Crippen molar-refractivity contribution in [3.8, 4) is 0 Å². The van der Waals surface area contributed by atoms with Crippen molar-refractivity contribution in [2.75, 3.05) is 11.9 Å². The molecule has 0 saturated heterocycles. The summed E-state index contributed by atoms with van der Waals surface area (Å²) in [6.07, 6.45) is 0.884. The molecule has 1 N–H and O–H groups in total. The quantitative estimate of drug-likeness (QED) is 0.587. The van der Waals surface area contributed by atoms with E-state index in [0.717, 1.165) is 34.0 Å². The van der Waals surface area contributed by atoms with Crippen LogP contribution in [0.15, 0.2) is 83.8 Å². The van der Waals surface area contributed by atoms with Crippen LogP contribution in [0.25, 0.3) is 0 Å². The third kappa shape index (κ3) is 5.52. The van der Waals surface area contributed by atoms with Crippen molar-refractivity contribution in [3.63, 3.8) is 0 Å². The van der Waals surface area contributed by atoms with Gasteiger partial charge in [-0.1, -0.05) is 49.4 Å². The summed E-state index contributed by atoms with van der Waals surface area (Å²) in [4.78, 5) is 12.6. The van der Waals surface area contributed by atoms with Gasteiger partial charge in [0.2, 0.25) is 15.9 Å². The number of carbonyl (C=O) groups is 1. The lowest BCUT2D eigenvalue weighted by Gasteiger charge is -2.22. The number of nitrogens with one attached hydrogen (secondary N) is 1. The standard InChI is InChI=1S/C23H23FN2O3S/c1-2-18-8-12-21(13-9-18)25-23(27)17-26(16-19-6-4-3-5-7-19)30(28,29)22-14-10-20(24)11-15-22/h3-15H,2,16-17H2,1H3,(H,25,27). The Labute approximate surface area is 176 Å². The summed E-state index contributed by atoms with van der Waals surface area (Å²) in [6.45, 7) is 1.68. The topological polar surface area (TPSA) is 66.5 Å². The molecule has 3 rings (SSSR count). The summed E-state index contributed by atoms with van der Waals surface area (Å²) in [7, 11) is -4.01. The van der Waals surface area contributed by atoms with E-state index in [1.807, 2.05) is 25.1 Å². The van der Waals surface area contributed by atoms with Crippen molar-refractivity contribution in [2.45, 2.75) is 24.8 Å². The zero-order valence-corrected chi connectivity index (χ0v) is 17.4. The number of nitrogens with zero attached hydrogens (tertiary/aromatic N) is 1. The Hall–Kier alpha value is -3.03. The minimum atomic E-state index is -4.01. The Morgan fingerprint density at radius 3 is 2.13 bits per heavy atom. The van der Waals surface area contributed by atoms with Gasteiger partial charge in [0, 0.05) is 12.2 Å². The number of carbonyl (C=O) groups excluding carboxylic acids is 1. The maximum atomic E-state index is 13.3. The first-order valence-electron chi connectivity index (χ1n) is 9.57. The zero-order valence-electron chi connectivity index (χ0n) is 16.6. The Bertz CT molecular complexity index is 1080. The van der Waals surface area contributed by atoms with Gasteiger partial charge in [0.05, 0.1) is 11.4 Å². The Kier molecular flexibility index (Phi) is 6.97. The summed E-state index contributed by atoms with van der Waals surface area (Å²) in [6, 6.07) is 21.0. The largest absolute Gasteiger partial charge is 0.325 e. The van der Waals surface area contributed by atoms with Crippen LogP contribution in [0.5, 0.6) is 0 Å². The highest BCUT2D eigenvalue weighted by atomic mass is 32.2. The number of hydrogen-bond donors (Lipinski definition) is 1. The smallest absolute Gasteiger partial charge is 0.243 e. The van der Waals surface area contributed by atoms with E-state index in [2.05, 4.69) is 5.32 Å². The van der Waals surface area contributed by atoms with E-state index in [4.69, 9.17) is 0 Å². The summed E-state index contributed by atoms with van der Waals surface area (Å²) in [5.41, 5.74) is 2.47. The number of amides is 1. The fourth-order valence-electron chi connectivity index (χ4n) is 2.95. The fourth-order valence-corrected chi connectivity index (χ4v) is 4.34. The predicted octanol–water partition coefficient (Wildman–Crippen LogP) is 4.22. The number of halogens is 1. The maximum Gasteiger partial charge on any atom is 0.243 e. The first kappa shape index (κ1) is 21.7. The molecule has 156 valence electrons. The second-order valence-corrected chi connectivity index (χ2v) is 8.75. The number of sulfonamides is 1. The van der Waals surface area contributed by atoms with E-state index in [1.165, 1.54) is 12.1 Å². The van der Waals surface area contributed by atoms with Crippen LogP contribution in [-0.2, 0) is 27.8 Å². The Balaban J connectivity index is 1.83. The van der Waals surface area contributed by atoms with Crippen molar-refractivity contribution in [2.24, 2.45) is 0 Å². The summed E-state index contributed by atoms with van der Waals surface area (Å²) in [5.74, 6) is -0.988. The van der Waals surface area contributed by atoms with Crippen molar-refractivity contribution in [3.05, 3.63) is 95.8 Å². The number of benzene rings is 3. The summed E-state index contributed by atoms with van der Waals surface area (Å²) in [5, 5.41) is 2.74. The Morgan fingerprint density at radius 2 is 1.53 bits per heavy atom. The van der Waals surface area contributed by atoms with Crippen LogP contribution in [0, 0.1) is 5.82 Å². The van der Waals surface area contributed by atoms with Crippen LogP contribution in [0.3, 0.4) is 0 Å². The van der Waals surface area contributed by atoms with E-state index < -0.39 is 21.7 Å². The molecule has 30 heavy (non-hydrogen) atoms. The third-order valence-corrected chi connectivity index (χ3v) is 6.42. The molecule has 0 fully saturated rings. The molecule has 0 bridgehead atoms. The van der Waals surface area contributed by atoms with Gasteiger partial charge in [0.25, 0.3) is 0 Å². The predicted molar refractivity (Wildman–Crippen MR) is 115 cm³/mol. The third-order valence-electron chi connectivity index (χ3n) is 4.62. The van der Waals surface area contributed by atoms with Gasteiger partial charge < -0.3 is 5.32 Å². The molecule has 1 amide bonds. The van der Waals surface area contributed by atoms with Gasteiger partial charge in [-0.15, -0.1) is 0 Å². The number of anilines is 1. The molecule has 0 spiro atoms. The van der Waals surface area contributed by atoms with Gasteiger partial charge in [-0.3, -0.25) is 4.79 Å². The van der Waals surface area contributed by atoms with Gasteiger partial charge >= 0.3 is 0 Å². The van der Waals surface area contributed by atoms with Crippen LogP contribution in [0.2, 0.25) is 0 Å². The molecule has 3 aromatic carbocycles. The SMILES string of the molecule is CCc1ccc(NC(=O)CN(Cc2ccccc2)S(=O)(=O)c2ccc(F)cc2)cc1. The van der Waals surface area contributed by atoms with Crippen molar-refractivity contribution >= 4 is 21.6 Å². The van der Waals surface area contributed by atoms with E-state index in [9.17, 15) is 17.6 Å². The lowest BCUT2D eigenvalue weighted by atomic mass is 10.1. The van der Waals surface area contributed by atoms with Crippen LogP contribution in [0.4, 0.5) is 10.1 Å². The average molecular weight is 427 g/mol.